The van der Waals surface area contributed by atoms with E-state index < -0.39 is 0 Å². The highest BCUT2D eigenvalue weighted by Gasteiger charge is 2.15. The van der Waals surface area contributed by atoms with Crippen molar-refractivity contribution in [3.63, 3.8) is 0 Å². The van der Waals surface area contributed by atoms with Gasteiger partial charge in [0.1, 0.15) is 0 Å². The second-order valence-electron chi connectivity index (χ2n) is 3.96. The number of likely N-dealkylation sites (N-methyl/N-ethyl adjacent to an activating group) is 1. The Balaban J connectivity index is 3.72. The van der Waals surface area contributed by atoms with E-state index >= 15 is 0 Å². The molecule has 0 radical (unpaired) electrons. The number of methoxy groups -OCH3 is 1. The Morgan fingerprint density at radius 1 is 1.36 bits per heavy atom. The quantitative estimate of drug-likeness (QED) is 0.643. The maximum Gasteiger partial charge on any atom is 0.0589 e. The molecule has 2 atom stereocenters. The van der Waals surface area contributed by atoms with Gasteiger partial charge >= 0.3 is 0 Å². The van der Waals surface area contributed by atoms with Crippen LogP contribution < -0.4 is 5.32 Å². The van der Waals surface area contributed by atoms with Crippen molar-refractivity contribution in [1.82, 2.24) is 10.2 Å². The van der Waals surface area contributed by atoms with Crippen LogP contribution in [0.5, 0.6) is 0 Å². The Morgan fingerprint density at radius 3 is 2.50 bits per heavy atom. The van der Waals surface area contributed by atoms with Gasteiger partial charge in [-0.1, -0.05) is 6.92 Å². The number of nitrogens with zero attached hydrogens (tertiary/aromatic N) is 1. The van der Waals surface area contributed by atoms with Crippen LogP contribution in [0.2, 0.25) is 0 Å². The normalized spacial score (nSPS) is 15.9. The largest absolute Gasteiger partial charge is 0.383 e. The van der Waals surface area contributed by atoms with Crippen LogP contribution in [-0.2, 0) is 4.74 Å². The van der Waals surface area contributed by atoms with Gasteiger partial charge < -0.3 is 10.1 Å². The first kappa shape index (κ1) is 13.9. The molecule has 3 heteroatoms. The van der Waals surface area contributed by atoms with E-state index in [1.165, 1.54) is 6.42 Å². The zero-order valence-corrected chi connectivity index (χ0v) is 10.3. The van der Waals surface area contributed by atoms with Crippen LogP contribution in [0.15, 0.2) is 0 Å². The zero-order chi connectivity index (χ0) is 11.0. The summed E-state index contributed by atoms with van der Waals surface area (Å²) in [4.78, 5) is 2.33. The summed E-state index contributed by atoms with van der Waals surface area (Å²) in [6.07, 6.45) is 1.19. The molecule has 0 fully saturated rings. The molecular formula is C11H26N2O. The maximum absolute atomic E-state index is 5.06. The van der Waals surface area contributed by atoms with Gasteiger partial charge in [-0.05, 0) is 33.9 Å². The Hall–Kier alpha value is -0.120. The van der Waals surface area contributed by atoms with Gasteiger partial charge in [-0.2, -0.15) is 0 Å². The van der Waals surface area contributed by atoms with Crippen LogP contribution in [0.25, 0.3) is 0 Å². The average molecular weight is 202 g/mol. The summed E-state index contributed by atoms with van der Waals surface area (Å²) in [5.41, 5.74) is 0. The highest BCUT2D eigenvalue weighted by molar-refractivity contribution is 4.75. The molecule has 0 saturated carbocycles. The third-order valence-corrected chi connectivity index (χ3v) is 2.78. The number of rotatable bonds is 8. The van der Waals surface area contributed by atoms with E-state index in [1.807, 2.05) is 0 Å². The van der Waals surface area contributed by atoms with Crippen LogP contribution in [0.3, 0.4) is 0 Å². The van der Waals surface area contributed by atoms with E-state index in [9.17, 15) is 0 Å². The highest BCUT2D eigenvalue weighted by atomic mass is 16.5. The van der Waals surface area contributed by atoms with Crippen LogP contribution in [0, 0.1) is 0 Å². The van der Waals surface area contributed by atoms with E-state index in [1.54, 1.807) is 7.11 Å². The van der Waals surface area contributed by atoms with Crippen molar-refractivity contribution in [2.45, 2.75) is 39.3 Å². The second-order valence-corrected chi connectivity index (χ2v) is 3.96. The molecule has 0 bridgehead atoms. The lowest BCUT2D eigenvalue weighted by atomic mass is 10.1. The third-order valence-electron chi connectivity index (χ3n) is 2.78. The van der Waals surface area contributed by atoms with Gasteiger partial charge in [-0.25, -0.2) is 0 Å². The molecule has 3 nitrogen and oxygen atoms in total. The van der Waals surface area contributed by atoms with Gasteiger partial charge in [0.2, 0.25) is 0 Å². The Morgan fingerprint density at radius 2 is 2.00 bits per heavy atom. The molecule has 0 saturated heterocycles. The summed E-state index contributed by atoms with van der Waals surface area (Å²) in [5.74, 6) is 0. The number of nitrogens with one attached hydrogen (secondary N) is 1. The fraction of sp³-hybridized carbons (Fsp3) is 1.00. The minimum Gasteiger partial charge on any atom is -0.383 e. The molecule has 14 heavy (non-hydrogen) atoms. The van der Waals surface area contributed by atoms with E-state index in [0.29, 0.717) is 12.1 Å². The molecule has 0 heterocycles. The molecule has 0 aromatic heterocycles. The average Bonchev–Trinajstić information content (AvgIpc) is 2.21. The molecule has 0 aliphatic heterocycles. The fourth-order valence-corrected chi connectivity index (χ4v) is 1.36. The molecule has 0 amide bonds. The maximum atomic E-state index is 5.06. The summed E-state index contributed by atoms with van der Waals surface area (Å²) in [6.45, 7) is 9.59. The topological polar surface area (TPSA) is 24.5 Å². The van der Waals surface area contributed by atoms with Crippen molar-refractivity contribution in [3.05, 3.63) is 0 Å². The first-order chi connectivity index (χ1) is 6.63. The monoisotopic (exact) mass is 202 g/mol. The van der Waals surface area contributed by atoms with E-state index in [-0.39, 0.29) is 0 Å². The smallest absolute Gasteiger partial charge is 0.0589 e. The Kier molecular flexibility index (Phi) is 8.14. The van der Waals surface area contributed by atoms with Crippen molar-refractivity contribution in [2.75, 3.05) is 33.9 Å². The Labute approximate surface area is 88.8 Å². The van der Waals surface area contributed by atoms with E-state index in [0.717, 1.165) is 19.7 Å². The lowest BCUT2D eigenvalue weighted by Gasteiger charge is -2.30. The molecule has 0 aliphatic rings. The number of hydrogen-bond acceptors (Lipinski definition) is 3. The predicted molar refractivity (Wildman–Crippen MR) is 61.7 cm³/mol. The first-order valence-corrected chi connectivity index (χ1v) is 5.56. The molecular weight excluding hydrogens is 176 g/mol. The molecule has 1 N–H and O–H groups in total. The molecule has 0 rings (SSSR count). The van der Waals surface area contributed by atoms with Crippen molar-refractivity contribution in [1.29, 1.82) is 0 Å². The lowest BCUT2D eigenvalue weighted by molar-refractivity contribution is 0.131. The number of ether oxygens (including phenoxy) is 1. The minimum atomic E-state index is 0.539. The van der Waals surface area contributed by atoms with Gasteiger partial charge in [0, 0.05) is 25.7 Å². The summed E-state index contributed by atoms with van der Waals surface area (Å²) in [5, 5.41) is 3.51. The minimum absolute atomic E-state index is 0.539. The van der Waals surface area contributed by atoms with Gasteiger partial charge in [0.05, 0.1) is 6.61 Å². The standard InChI is InChI=1S/C11H26N2O/c1-6-7-12-10(2)11(3)13(4)8-9-14-5/h10-12H,6-9H2,1-5H3. The fourth-order valence-electron chi connectivity index (χ4n) is 1.36. The zero-order valence-electron chi connectivity index (χ0n) is 10.3. The second kappa shape index (κ2) is 8.21. The summed E-state index contributed by atoms with van der Waals surface area (Å²) in [7, 11) is 3.89. The van der Waals surface area contributed by atoms with Crippen molar-refractivity contribution < 1.29 is 4.74 Å². The van der Waals surface area contributed by atoms with E-state index in [4.69, 9.17) is 4.74 Å². The van der Waals surface area contributed by atoms with Gasteiger partial charge in [-0.3, -0.25) is 4.90 Å². The molecule has 0 aromatic rings. The van der Waals surface area contributed by atoms with Gasteiger partial charge in [0.15, 0.2) is 0 Å². The number of hydrogen-bond donors (Lipinski definition) is 1. The summed E-state index contributed by atoms with van der Waals surface area (Å²) in [6, 6.07) is 1.09. The molecule has 0 spiro atoms. The van der Waals surface area contributed by atoms with Crippen molar-refractivity contribution >= 4 is 0 Å². The Bertz CT molecular complexity index is 116. The predicted octanol–water partition coefficient (Wildman–Crippen LogP) is 1.34. The summed E-state index contributed by atoms with van der Waals surface area (Å²) < 4.78 is 5.06. The molecule has 86 valence electrons. The van der Waals surface area contributed by atoms with Crippen molar-refractivity contribution in [2.24, 2.45) is 0 Å². The van der Waals surface area contributed by atoms with Crippen LogP contribution >= 0.6 is 0 Å². The first-order valence-electron chi connectivity index (χ1n) is 5.56. The molecule has 0 aromatic carbocycles. The lowest BCUT2D eigenvalue weighted by Crippen LogP contribution is -2.46. The van der Waals surface area contributed by atoms with Gasteiger partial charge in [-0.15, -0.1) is 0 Å². The van der Waals surface area contributed by atoms with Crippen LogP contribution in [0.4, 0.5) is 0 Å². The third kappa shape index (κ3) is 5.58. The van der Waals surface area contributed by atoms with Crippen molar-refractivity contribution in [3.8, 4) is 0 Å². The van der Waals surface area contributed by atoms with E-state index in [2.05, 4.69) is 38.0 Å². The molecule has 2 unspecified atom stereocenters. The van der Waals surface area contributed by atoms with Crippen LogP contribution in [0.1, 0.15) is 27.2 Å². The molecule has 0 aliphatic carbocycles. The SMILES string of the molecule is CCCNC(C)C(C)N(C)CCOC. The summed E-state index contributed by atoms with van der Waals surface area (Å²) >= 11 is 0. The van der Waals surface area contributed by atoms with Gasteiger partial charge in [0.25, 0.3) is 0 Å². The van der Waals surface area contributed by atoms with Crippen LogP contribution in [-0.4, -0.2) is 50.8 Å². The highest BCUT2D eigenvalue weighted by Crippen LogP contribution is 2.01.